The summed E-state index contributed by atoms with van der Waals surface area (Å²) in [6, 6.07) is 5.32. The van der Waals surface area contributed by atoms with Gasteiger partial charge in [-0.1, -0.05) is 6.07 Å². The Hall–Kier alpha value is -1.36. The van der Waals surface area contributed by atoms with Crippen LogP contribution in [0.25, 0.3) is 0 Å². The second-order valence-corrected chi connectivity index (χ2v) is 5.62. The van der Waals surface area contributed by atoms with E-state index in [4.69, 9.17) is 5.73 Å². The first-order valence-corrected chi connectivity index (χ1v) is 6.73. The van der Waals surface area contributed by atoms with Crippen LogP contribution in [0, 0.1) is 6.92 Å². The number of carbonyl (C=O) groups excluding carboxylic acids is 1. The highest BCUT2D eigenvalue weighted by Crippen LogP contribution is 2.20. The van der Waals surface area contributed by atoms with E-state index in [1.807, 2.05) is 19.9 Å². The van der Waals surface area contributed by atoms with Crippen LogP contribution in [0.4, 0.5) is 5.69 Å². The van der Waals surface area contributed by atoms with Gasteiger partial charge >= 0.3 is 0 Å². The number of aryl methyl sites for hydroxylation is 1. The summed E-state index contributed by atoms with van der Waals surface area (Å²) in [5.41, 5.74) is 7.29. The van der Waals surface area contributed by atoms with Crippen molar-refractivity contribution in [2.75, 3.05) is 12.3 Å². The Bertz CT molecular complexity index is 446. The van der Waals surface area contributed by atoms with Gasteiger partial charge in [0, 0.05) is 12.2 Å². The van der Waals surface area contributed by atoms with Gasteiger partial charge in [-0.3, -0.25) is 9.00 Å². The fraction of sp³-hybridized carbons (Fsp3) is 0.417. The fourth-order valence-electron chi connectivity index (χ4n) is 1.46. The summed E-state index contributed by atoms with van der Waals surface area (Å²) < 4.78 is 12.2. The minimum atomic E-state index is -1.42. The number of benzene rings is 1. The largest absolute Gasteiger partial charge is 0.398 e. The van der Waals surface area contributed by atoms with E-state index < -0.39 is 16.0 Å². The maximum Gasteiger partial charge on any atom is 0.235 e. The highest BCUT2D eigenvalue weighted by molar-refractivity contribution is 7.86. The molecule has 4 nitrogen and oxygen atoms in total. The van der Waals surface area contributed by atoms with Gasteiger partial charge in [0.25, 0.3) is 0 Å². The second kappa shape index (κ2) is 5.82. The first-order valence-electron chi connectivity index (χ1n) is 5.51. The number of rotatable bonds is 4. The molecule has 1 rings (SSSR count). The molecule has 1 aromatic rings. The van der Waals surface area contributed by atoms with Crippen LogP contribution in [0.15, 0.2) is 23.1 Å². The molecule has 0 saturated heterocycles. The molecule has 0 fully saturated rings. The Labute approximate surface area is 104 Å². The Balaban J connectivity index is 2.92. The number of nitrogen functional groups attached to an aromatic ring is 1. The minimum Gasteiger partial charge on any atom is -0.398 e. The Kier molecular flexibility index (Phi) is 4.69. The zero-order valence-electron chi connectivity index (χ0n) is 10.3. The van der Waals surface area contributed by atoms with Gasteiger partial charge in [-0.2, -0.15) is 0 Å². The summed E-state index contributed by atoms with van der Waals surface area (Å²) in [6.45, 7) is 5.91. The molecule has 94 valence electrons. The normalized spacial score (nSPS) is 14.1. The Morgan fingerprint density at radius 3 is 2.71 bits per heavy atom. The molecule has 17 heavy (non-hydrogen) atoms. The van der Waals surface area contributed by atoms with Crippen LogP contribution in [0.2, 0.25) is 0 Å². The van der Waals surface area contributed by atoms with Gasteiger partial charge < -0.3 is 11.1 Å². The molecule has 0 aliphatic heterocycles. The zero-order valence-corrected chi connectivity index (χ0v) is 11.1. The van der Waals surface area contributed by atoms with Crippen LogP contribution in [0.5, 0.6) is 0 Å². The lowest BCUT2D eigenvalue weighted by molar-refractivity contribution is -0.120. The maximum atomic E-state index is 12.2. The lowest BCUT2D eigenvalue weighted by Crippen LogP contribution is -2.35. The lowest BCUT2D eigenvalue weighted by atomic mass is 10.2. The molecule has 0 aromatic heterocycles. The molecule has 0 heterocycles. The summed E-state index contributed by atoms with van der Waals surface area (Å²) in [6.07, 6.45) is 0. The third-order valence-electron chi connectivity index (χ3n) is 2.42. The molecule has 5 heteroatoms. The van der Waals surface area contributed by atoms with Gasteiger partial charge in [0.1, 0.15) is 5.25 Å². The average Bonchev–Trinajstić information content (AvgIpc) is 2.27. The van der Waals surface area contributed by atoms with Crippen LogP contribution in [-0.4, -0.2) is 21.9 Å². The fourth-order valence-corrected chi connectivity index (χ4v) is 2.61. The van der Waals surface area contributed by atoms with Crippen molar-refractivity contribution in [2.45, 2.75) is 30.9 Å². The summed E-state index contributed by atoms with van der Waals surface area (Å²) in [7, 11) is -1.42. The van der Waals surface area contributed by atoms with Crippen LogP contribution >= 0.6 is 0 Å². The van der Waals surface area contributed by atoms with E-state index in [2.05, 4.69) is 5.32 Å². The molecule has 0 spiro atoms. The van der Waals surface area contributed by atoms with E-state index in [9.17, 15) is 9.00 Å². The second-order valence-electron chi connectivity index (χ2n) is 3.88. The van der Waals surface area contributed by atoms with E-state index >= 15 is 0 Å². The molecule has 2 unspecified atom stereocenters. The van der Waals surface area contributed by atoms with Crippen LogP contribution in [0.3, 0.4) is 0 Å². The van der Waals surface area contributed by atoms with Gasteiger partial charge in [-0.15, -0.1) is 0 Å². The molecular formula is C12H18N2O2S. The van der Waals surface area contributed by atoms with Crippen molar-refractivity contribution < 1.29 is 9.00 Å². The number of nitrogens with one attached hydrogen (secondary N) is 1. The standard InChI is InChI=1S/C12H18N2O2S/c1-4-14-12(15)9(3)17(16)11-6-5-8(2)7-10(11)13/h5-7,9H,4,13H2,1-3H3,(H,14,15). The van der Waals surface area contributed by atoms with E-state index in [0.717, 1.165) is 5.56 Å². The van der Waals surface area contributed by atoms with Crippen molar-refractivity contribution in [3.8, 4) is 0 Å². The Morgan fingerprint density at radius 2 is 2.18 bits per heavy atom. The van der Waals surface area contributed by atoms with Gasteiger partial charge in [-0.05, 0) is 38.5 Å². The molecule has 0 radical (unpaired) electrons. The molecule has 3 N–H and O–H groups in total. The third kappa shape index (κ3) is 3.30. The summed E-state index contributed by atoms with van der Waals surface area (Å²) in [4.78, 5) is 12.1. The highest BCUT2D eigenvalue weighted by Gasteiger charge is 2.22. The van der Waals surface area contributed by atoms with Crippen molar-refractivity contribution in [2.24, 2.45) is 0 Å². The van der Waals surface area contributed by atoms with Gasteiger partial charge in [0.05, 0.1) is 15.7 Å². The van der Waals surface area contributed by atoms with Crippen LogP contribution < -0.4 is 11.1 Å². The van der Waals surface area contributed by atoms with Crippen molar-refractivity contribution in [3.63, 3.8) is 0 Å². The summed E-state index contributed by atoms with van der Waals surface area (Å²) in [5, 5.41) is 2.06. The van der Waals surface area contributed by atoms with Crippen LogP contribution in [0.1, 0.15) is 19.4 Å². The number of amides is 1. The van der Waals surface area contributed by atoms with Crippen molar-refractivity contribution >= 4 is 22.4 Å². The monoisotopic (exact) mass is 254 g/mol. The molecule has 2 atom stereocenters. The molecule has 0 saturated carbocycles. The van der Waals surface area contributed by atoms with Crippen molar-refractivity contribution in [3.05, 3.63) is 23.8 Å². The predicted octanol–water partition coefficient (Wildman–Crippen LogP) is 1.21. The first-order chi connectivity index (χ1) is 7.97. The smallest absolute Gasteiger partial charge is 0.235 e. The predicted molar refractivity (Wildman–Crippen MR) is 70.1 cm³/mol. The van der Waals surface area contributed by atoms with E-state index in [1.165, 1.54) is 0 Å². The number of anilines is 1. The molecule has 0 bridgehead atoms. The maximum absolute atomic E-state index is 12.2. The van der Waals surface area contributed by atoms with Crippen LogP contribution in [-0.2, 0) is 15.6 Å². The molecule has 1 aromatic carbocycles. The molecule has 0 aliphatic carbocycles. The highest BCUT2D eigenvalue weighted by atomic mass is 32.2. The lowest BCUT2D eigenvalue weighted by Gasteiger charge is -2.13. The first kappa shape index (κ1) is 13.7. The van der Waals surface area contributed by atoms with Gasteiger partial charge in [-0.25, -0.2) is 0 Å². The number of nitrogens with two attached hydrogens (primary N) is 1. The quantitative estimate of drug-likeness (QED) is 0.793. The summed E-state index contributed by atoms with van der Waals surface area (Å²) in [5.74, 6) is -0.217. The zero-order chi connectivity index (χ0) is 13.0. The van der Waals surface area contributed by atoms with Crippen molar-refractivity contribution in [1.29, 1.82) is 0 Å². The van der Waals surface area contributed by atoms with Crippen molar-refractivity contribution in [1.82, 2.24) is 5.32 Å². The average molecular weight is 254 g/mol. The van der Waals surface area contributed by atoms with Gasteiger partial charge in [0.2, 0.25) is 5.91 Å². The third-order valence-corrected chi connectivity index (χ3v) is 4.08. The molecule has 1 amide bonds. The molecular weight excluding hydrogens is 236 g/mol. The summed E-state index contributed by atoms with van der Waals surface area (Å²) >= 11 is 0. The minimum absolute atomic E-state index is 0.217. The van der Waals surface area contributed by atoms with E-state index in [1.54, 1.807) is 19.1 Å². The van der Waals surface area contributed by atoms with Gasteiger partial charge in [0.15, 0.2) is 0 Å². The SMILES string of the molecule is CCNC(=O)C(C)S(=O)c1ccc(C)cc1N. The number of carbonyl (C=O) groups is 1. The van der Waals surface area contributed by atoms with E-state index in [-0.39, 0.29) is 5.91 Å². The topological polar surface area (TPSA) is 72.2 Å². The Morgan fingerprint density at radius 1 is 1.53 bits per heavy atom. The number of hydrogen-bond donors (Lipinski definition) is 2. The molecule has 0 aliphatic rings. The van der Waals surface area contributed by atoms with E-state index in [0.29, 0.717) is 17.1 Å². The number of hydrogen-bond acceptors (Lipinski definition) is 3.